The second kappa shape index (κ2) is 5.09. The molecule has 2 rings (SSSR count). The van der Waals surface area contributed by atoms with Crippen LogP contribution in [0, 0.1) is 5.92 Å². The van der Waals surface area contributed by atoms with Crippen molar-refractivity contribution in [3.63, 3.8) is 0 Å². The van der Waals surface area contributed by atoms with Crippen LogP contribution in [0.15, 0.2) is 30.3 Å². The van der Waals surface area contributed by atoms with Crippen LogP contribution in [0.1, 0.15) is 12.0 Å². The van der Waals surface area contributed by atoms with Gasteiger partial charge in [0.2, 0.25) is 5.91 Å². The van der Waals surface area contributed by atoms with Crippen molar-refractivity contribution in [1.82, 2.24) is 10.3 Å². The van der Waals surface area contributed by atoms with Crippen LogP contribution in [-0.4, -0.2) is 23.9 Å². The predicted molar refractivity (Wildman–Crippen MR) is 62.2 cm³/mol. The number of amides is 1. The van der Waals surface area contributed by atoms with Gasteiger partial charge in [-0.05, 0) is 18.5 Å². The van der Waals surface area contributed by atoms with E-state index in [0.29, 0.717) is 0 Å². The third-order valence-electron chi connectivity index (χ3n) is 3.03. The molecule has 1 aromatic rings. The van der Waals surface area contributed by atoms with Gasteiger partial charge in [0, 0.05) is 13.1 Å². The number of nitrogens with two attached hydrogens (primary N) is 1. The second-order valence-corrected chi connectivity index (χ2v) is 4.21. The molecule has 0 saturated carbocycles. The number of hydrogen-bond donors (Lipinski definition) is 2. The summed E-state index contributed by atoms with van der Waals surface area (Å²) in [6.45, 7) is 2.68. The van der Waals surface area contributed by atoms with Gasteiger partial charge in [0.1, 0.15) is 0 Å². The quantitative estimate of drug-likeness (QED) is 0.442. The lowest BCUT2D eigenvalue weighted by Crippen LogP contribution is -2.37. The van der Waals surface area contributed by atoms with E-state index in [1.54, 1.807) is 0 Å². The fourth-order valence-electron chi connectivity index (χ4n) is 2.15. The van der Waals surface area contributed by atoms with Crippen LogP contribution in [0.25, 0.3) is 0 Å². The molecule has 0 bridgehead atoms. The minimum Gasteiger partial charge on any atom is -0.298 e. The minimum absolute atomic E-state index is 0.0458. The van der Waals surface area contributed by atoms with Gasteiger partial charge in [-0.1, -0.05) is 30.3 Å². The molecule has 1 atom stereocenters. The van der Waals surface area contributed by atoms with Gasteiger partial charge in [0.05, 0.1) is 5.92 Å². The van der Waals surface area contributed by atoms with E-state index in [4.69, 9.17) is 5.84 Å². The molecule has 0 spiro atoms. The number of nitrogens with one attached hydrogen (secondary N) is 1. The number of hydrazine groups is 1. The number of rotatable bonds is 3. The molecule has 1 heterocycles. The lowest BCUT2D eigenvalue weighted by Gasteiger charge is -2.15. The average molecular weight is 219 g/mol. The van der Waals surface area contributed by atoms with E-state index in [-0.39, 0.29) is 11.8 Å². The lowest BCUT2D eigenvalue weighted by molar-refractivity contribution is -0.124. The Morgan fingerprint density at radius 3 is 2.88 bits per heavy atom. The van der Waals surface area contributed by atoms with Crippen molar-refractivity contribution in [2.75, 3.05) is 13.1 Å². The number of carbonyl (C=O) groups excluding carboxylic acids is 1. The molecule has 0 unspecified atom stereocenters. The monoisotopic (exact) mass is 219 g/mol. The van der Waals surface area contributed by atoms with Crippen molar-refractivity contribution in [3.8, 4) is 0 Å². The van der Waals surface area contributed by atoms with E-state index in [9.17, 15) is 4.79 Å². The molecule has 0 radical (unpaired) electrons. The van der Waals surface area contributed by atoms with Gasteiger partial charge in [0.25, 0.3) is 0 Å². The molecule has 1 aliphatic heterocycles. The highest BCUT2D eigenvalue weighted by Gasteiger charge is 2.27. The van der Waals surface area contributed by atoms with E-state index in [0.717, 1.165) is 26.1 Å². The fraction of sp³-hybridized carbons (Fsp3) is 0.417. The van der Waals surface area contributed by atoms with Crippen LogP contribution >= 0.6 is 0 Å². The Kier molecular flexibility index (Phi) is 3.54. The molecule has 4 heteroatoms. The van der Waals surface area contributed by atoms with Crippen LogP contribution in [-0.2, 0) is 11.3 Å². The topological polar surface area (TPSA) is 58.4 Å². The molecular formula is C12H17N3O. The van der Waals surface area contributed by atoms with Gasteiger partial charge < -0.3 is 0 Å². The lowest BCUT2D eigenvalue weighted by atomic mass is 10.1. The Balaban J connectivity index is 1.88. The van der Waals surface area contributed by atoms with Crippen LogP contribution in [0.3, 0.4) is 0 Å². The molecule has 4 nitrogen and oxygen atoms in total. The summed E-state index contributed by atoms with van der Waals surface area (Å²) in [4.78, 5) is 13.6. The summed E-state index contributed by atoms with van der Waals surface area (Å²) in [7, 11) is 0. The minimum atomic E-state index is -0.0458. The van der Waals surface area contributed by atoms with Gasteiger partial charge in [-0.25, -0.2) is 5.84 Å². The molecule has 16 heavy (non-hydrogen) atoms. The Morgan fingerprint density at radius 1 is 1.44 bits per heavy atom. The van der Waals surface area contributed by atoms with Gasteiger partial charge in [0.15, 0.2) is 0 Å². The first kappa shape index (κ1) is 11.1. The van der Waals surface area contributed by atoms with Crippen molar-refractivity contribution in [2.45, 2.75) is 13.0 Å². The number of nitrogens with zero attached hydrogens (tertiary/aromatic N) is 1. The van der Waals surface area contributed by atoms with Crippen LogP contribution in [0.5, 0.6) is 0 Å². The molecular weight excluding hydrogens is 202 g/mol. The first-order chi connectivity index (χ1) is 7.79. The number of benzene rings is 1. The molecule has 1 fully saturated rings. The maximum atomic E-state index is 11.3. The van der Waals surface area contributed by atoms with E-state index in [1.165, 1.54) is 5.56 Å². The Labute approximate surface area is 95.4 Å². The van der Waals surface area contributed by atoms with Crippen molar-refractivity contribution in [3.05, 3.63) is 35.9 Å². The van der Waals surface area contributed by atoms with E-state index in [1.807, 2.05) is 18.2 Å². The average Bonchev–Trinajstić information content (AvgIpc) is 2.78. The first-order valence-electron chi connectivity index (χ1n) is 5.56. The standard InChI is InChI=1S/C12H17N3O/c13-14-12(16)11-6-7-15(9-11)8-10-4-2-1-3-5-10/h1-5,11H,6-9,13H2,(H,14,16)/t11-/m1/s1. The van der Waals surface area contributed by atoms with E-state index < -0.39 is 0 Å². The fourth-order valence-corrected chi connectivity index (χ4v) is 2.15. The maximum absolute atomic E-state index is 11.3. The highest BCUT2D eigenvalue weighted by molar-refractivity contribution is 5.78. The molecule has 1 saturated heterocycles. The Morgan fingerprint density at radius 2 is 2.19 bits per heavy atom. The third-order valence-corrected chi connectivity index (χ3v) is 3.03. The summed E-state index contributed by atoms with van der Waals surface area (Å²) in [6.07, 6.45) is 0.899. The van der Waals surface area contributed by atoms with Gasteiger partial charge in [-0.3, -0.25) is 15.1 Å². The normalized spacial score (nSPS) is 20.9. The van der Waals surface area contributed by atoms with Gasteiger partial charge in [-0.15, -0.1) is 0 Å². The maximum Gasteiger partial charge on any atom is 0.238 e. The third kappa shape index (κ3) is 2.59. The van der Waals surface area contributed by atoms with Crippen molar-refractivity contribution < 1.29 is 4.79 Å². The van der Waals surface area contributed by atoms with Crippen LogP contribution in [0.4, 0.5) is 0 Å². The largest absolute Gasteiger partial charge is 0.298 e. The highest BCUT2D eigenvalue weighted by Crippen LogP contribution is 2.18. The summed E-state index contributed by atoms with van der Waals surface area (Å²) >= 11 is 0. The number of likely N-dealkylation sites (tertiary alicyclic amines) is 1. The second-order valence-electron chi connectivity index (χ2n) is 4.21. The summed E-state index contributed by atoms with van der Waals surface area (Å²) in [5, 5.41) is 0. The zero-order chi connectivity index (χ0) is 11.4. The molecule has 0 aromatic heterocycles. The molecule has 1 amide bonds. The number of carbonyl (C=O) groups is 1. The predicted octanol–water partition coefficient (Wildman–Crippen LogP) is 0.498. The Bertz CT molecular complexity index is 353. The summed E-state index contributed by atoms with van der Waals surface area (Å²) < 4.78 is 0. The van der Waals surface area contributed by atoms with E-state index in [2.05, 4.69) is 22.5 Å². The smallest absolute Gasteiger partial charge is 0.238 e. The Hall–Kier alpha value is -1.39. The van der Waals surface area contributed by atoms with Crippen LogP contribution in [0.2, 0.25) is 0 Å². The highest BCUT2D eigenvalue weighted by atomic mass is 16.2. The molecule has 1 aliphatic rings. The summed E-state index contributed by atoms with van der Waals surface area (Å²) in [5.74, 6) is 5.14. The molecule has 1 aromatic carbocycles. The van der Waals surface area contributed by atoms with E-state index >= 15 is 0 Å². The van der Waals surface area contributed by atoms with Crippen LogP contribution < -0.4 is 11.3 Å². The SMILES string of the molecule is NNC(=O)[C@@H]1CCN(Cc2ccccc2)C1. The number of hydrogen-bond acceptors (Lipinski definition) is 3. The van der Waals surface area contributed by atoms with Crippen molar-refractivity contribution in [1.29, 1.82) is 0 Å². The molecule has 3 N–H and O–H groups in total. The van der Waals surface area contributed by atoms with Gasteiger partial charge in [-0.2, -0.15) is 0 Å². The van der Waals surface area contributed by atoms with Crippen molar-refractivity contribution >= 4 is 5.91 Å². The van der Waals surface area contributed by atoms with Crippen molar-refractivity contribution in [2.24, 2.45) is 11.8 Å². The summed E-state index contributed by atoms with van der Waals surface area (Å²) in [5.41, 5.74) is 3.51. The molecule has 0 aliphatic carbocycles. The molecule has 86 valence electrons. The summed E-state index contributed by atoms with van der Waals surface area (Å²) in [6, 6.07) is 10.3. The van der Waals surface area contributed by atoms with Gasteiger partial charge >= 0.3 is 0 Å². The first-order valence-corrected chi connectivity index (χ1v) is 5.56. The zero-order valence-corrected chi connectivity index (χ0v) is 9.23. The zero-order valence-electron chi connectivity index (χ0n) is 9.23.